The summed E-state index contributed by atoms with van der Waals surface area (Å²) in [5.41, 5.74) is 16.5. The van der Waals surface area contributed by atoms with Gasteiger partial charge in [0.1, 0.15) is 25.0 Å². The number of nitrogens with zero attached hydrogens (tertiary/aromatic N) is 3. The second-order valence-electron chi connectivity index (χ2n) is 13.5. The lowest BCUT2D eigenvalue weighted by atomic mass is 9.95. The molecule has 0 fully saturated rings. The van der Waals surface area contributed by atoms with Gasteiger partial charge in [0.2, 0.25) is 5.91 Å². The average molecular weight is 770 g/mol. The van der Waals surface area contributed by atoms with Crippen molar-refractivity contribution in [3.8, 4) is 16.9 Å². The number of carbonyl (C=O) groups excluding carboxylic acids is 4. The zero-order valence-electron chi connectivity index (χ0n) is 32.0. The van der Waals surface area contributed by atoms with Gasteiger partial charge in [0.15, 0.2) is 5.96 Å². The number of guanidine groups is 1. The van der Waals surface area contributed by atoms with E-state index in [4.69, 9.17) is 20.9 Å². The van der Waals surface area contributed by atoms with Gasteiger partial charge in [0, 0.05) is 6.54 Å². The molecule has 12 heteroatoms. The monoisotopic (exact) mass is 769 g/mol. The summed E-state index contributed by atoms with van der Waals surface area (Å²) in [5.74, 6) is -1.66. The first kappa shape index (κ1) is 41.2. The first-order chi connectivity index (χ1) is 27.5. The minimum atomic E-state index is -1.42. The number of rotatable bonds is 15. The topological polar surface area (TPSA) is 178 Å². The number of nitrogens with two attached hydrogens (primary N) is 2. The van der Waals surface area contributed by atoms with Crippen LogP contribution >= 0.6 is 0 Å². The van der Waals surface area contributed by atoms with Crippen LogP contribution in [-0.2, 0) is 38.7 Å². The molecular weight excluding hydrogens is 723 g/mol. The van der Waals surface area contributed by atoms with Crippen LogP contribution in [0.5, 0.6) is 5.75 Å². The Labute approximate surface area is 332 Å². The molecule has 0 saturated heterocycles. The van der Waals surface area contributed by atoms with Gasteiger partial charge in [-0.25, -0.2) is 9.59 Å². The van der Waals surface area contributed by atoms with Crippen LogP contribution in [0.2, 0.25) is 0 Å². The molecule has 0 aliphatic heterocycles. The molecular formula is C45H47N5O7. The number of benzene rings is 5. The van der Waals surface area contributed by atoms with E-state index < -0.39 is 36.1 Å². The Morgan fingerprint density at radius 2 is 1.26 bits per heavy atom. The number of ether oxygens (including phenoxy) is 2. The van der Waals surface area contributed by atoms with Gasteiger partial charge in [-0.1, -0.05) is 127 Å². The Bertz CT molecular complexity index is 2080. The quantitative estimate of drug-likeness (QED) is 0.0555. The van der Waals surface area contributed by atoms with Crippen LogP contribution in [-0.4, -0.2) is 57.5 Å². The second kappa shape index (κ2) is 20.1. The standard InChI is InChI=1S/C45H47N5O7/c1-31-19-21-36(22-20-31)39-17-10-9-16-37(39)28-41(52)49(32(2)35-23-25-38(51)26-24-35)40(18-11-27-48-43(46)47)42(53)50(44(54)56-29-33-12-5-3-6-13-33)45(55)57-30-34-14-7-4-8-15-34/h3-10,12-17,19-26,32,40,51H,11,18,27-30H2,1-2H3,(H4,46,47,48)/t32-,40+/m0/s1. The number of imide groups is 3. The van der Waals surface area contributed by atoms with Gasteiger partial charge in [-0.2, -0.15) is 0 Å². The molecule has 2 atom stereocenters. The molecule has 0 unspecified atom stereocenters. The molecule has 0 radical (unpaired) electrons. The fourth-order valence-corrected chi connectivity index (χ4v) is 6.36. The number of aliphatic imine (C=N–C) groups is 1. The van der Waals surface area contributed by atoms with Crippen LogP contribution in [0.1, 0.15) is 53.6 Å². The highest BCUT2D eigenvalue weighted by Crippen LogP contribution is 2.31. The summed E-state index contributed by atoms with van der Waals surface area (Å²) >= 11 is 0. The molecule has 0 bridgehead atoms. The van der Waals surface area contributed by atoms with Gasteiger partial charge in [-0.3, -0.25) is 14.6 Å². The first-order valence-electron chi connectivity index (χ1n) is 18.6. The third kappa shape index (κ3) is 11.5. The minimum Gasteiger partial charge on any atom is -0.508 e. The van der Waals surface area contributed by atoms with Crippen molar-refractivity contribution in [2.45, 2.75) is 58.4 Å². The van der Waals surface area contributed by atoms with Gasteiger partial charge < -0.3 is 30.9 Å². The second-order valence-corrected chi connectivity index (χ2v) is 13.5. The van der Waals surface area contributed by atoms with E-state index >= 15 is 0 Å². The summed E-state index contributed by atoms with van der Waals surface area (Å²) < 4.78 is 11.1. The molecule has 0 aliphatic rings. The van der Waals surface area contributed by atoms with Crippen LogP contribution in [0.25, 0.3) is 11.1 Å². The smallest absolute Gasteiger partial charge is 0.426 e. The number of aryl methyl sites for hydroxylation is 1. The van der Waals surface area contributed by atoms with Crippen molar-refractivity contribution in [2.24, 2.45) is 16.5 Å². The third-order valence-electron chi connectivity index (χ3n) is 9.35. The number of amides is 4. The van der Waals surface area contributed by atoms with Crippen molar-refractivity contribution in [2.75, 3.05) is 6.54 Å². The van der Waals surface area contributed by atoms with Crippen LogP contribution in [0.3, 0.4) is 0 Å². The first-order valence-corrected chi connectivity index (χ1v) is 18.6. The van der Waals surface area contributed by atoms with Crippen LogP contribution in [0.15, 0.2) is 138 Å². The average Bonchev–Trinajstić information content (AvgIpc) is 3.21. The molecule has 0 spiro atoms. The lowest BCUT2D eigenvalue weighted by Gasteiger charge is -2.37. The Kier molecular flexibility index (Phi) is 14.5. The summed E-state index contributed by atoms with van der Waals surface area (Å²) in [4.78, 5) is 63.5. The molecule has 5 aromatic rings. The Morgan fingerprint density at radius 3 is 1.82 bits per heavy atom. The summed E-state index contributed by atoms with van der Waals surface area (Å²) in [6, 6.07) is 37.0. The number of carbonyl (C=O) groups is 4. The van der Waals surface area contributed by atoms with E-state index in [0.717, 1.165) is 16.7 Å². The van der Waals surface area contributed by atoms with Crippen molar-refractivity contribution >= 4 is 30.0 Å². The van der Waals surface area contributed by atoms with Gasteiger partial charge in [0.05, 0.1) is 12.5 Å². The van der Waals surface area contributed by atoms with E-state index in [-0.39, 0.29) is 50.7 Å². The summed E-state index contributed by atoms with van der Waals surface area (Å²) in [7, 11) is 0. The van der Waals surface area contributed by atoms with Crippen molar-refractivity contribution in [1.82, 2.24) is 9.80 Å². The molecule has 5 aromatic carbocycles. The van der Waals surface area contributed by atoms with Crippen molar-refractivity contribution < 1.29 is 33.8 Å². The Hall–Kier alpha value is -6.95. The molecule has 0 heterocycles. The van der Waals surface area contributed by atoms with Crippen molar-refractivity contribution in [3.05, 3.63) is 161 Å². The van der Waals surface area contributed by atoms with E-state index in [1.807, 2.05) is 55.5 Å². The summed E-state index contributed by atoms with van der Waals surface area (Å²) in [5, 5.41) is 10.1. The molecule has 57 heavy (non-hydrogen) atoms. The maximum Gasteiger partial charge on any atom is 0.426 e. The highest BCUT2D eigenvalue weighted by Gasteiger charge is 2.42. The van der Waals surface area contributed by atoms with Gasteiger partial charge in [-0.15, -0.1) is 4.90 Å². The lowest BCUT2D eigenvalue weighted by molar-refractivity contribution is -0.146. The fraction of sp³-hybridized carbons (Fsp3) is 0.222. The maximum atomic E-state index is 15.0. The van der Waals surface area contributed by atoms with Crippen LogP contribution in [0.4, 0.5) is 9.59 Å². The molecule has 294 valence electrons. The van der Waals surface area contributed by atoms with E-state index in [0.29, 0.717) is 27.2 Å². The number of phenols is 1. The molecule has 0 aromatic heterocycles. The Morgan fingerprint density at radius 1 is 0.719 bits per heavy atom. The van der Waals surface area contributed by atoms with E-state index in [1.54, 1.807) is 79.7 Å². The largest absolute Gasteiger partial charge is 0.508 e. The molecule has 0 saturated carbocycles. The number of hydrogen-bond acceptors (Lipinski definition) is 8. The number of phenolic OH excluding ortho intramolecular Hbond substituents is 1. The molecule has 5 N–H and O–H groups in total. The Balaban J connectivity index is 1.57. The zero-order chi connectivity index (χ0) is 40.7. The normalized spacial score (nSPS) is 11.8. The number of aromatic hydroxyl groups is 1. The summed E-state index contributed by atoms with van der Waals surface area (Å²) in [6.07, 6.45) is -2.55. The lowest BCUT2D eigenvalue weighted by Crippen LogP contribution is -2.55. The van der Waals surface area contributed by atoms with Crippen LogP contribution in [0, 0.1) is 6.92 Å². The molecule has 5 rings (SSSR count). The van der Waals surface area contributed by atoms with Gasteiger partial charge in [0.25, 0.3) is 5.91 Å². The van der Waals surface area contributed by atoms with E-state index in [2.05, 4.69) is 4.99 Å². The van der Waals surface area contributed by atoms with Gasteiger partial charge >= 0.3 is 12.2 Å². The van der Waals surface area contributed by atoms with Gasteiger partial charge in [-0.05, 0) is 72.2 Å². The number of hydrogen-bond donors (Lipinski definition) is 3. The van der Waals surface area contributed by atoms with Crippen molar-refractivity contribution in [3.63, 3.8) is 0 Å². The van der Waals surface area contributed by atoms with E-state index in [1.165, 1.54) is 17.0 Å². The zero-order valence-corrected chi connectivity index (χ0v) is 32.0. The maximum absolute atomic E-state index is 15.0. The minimum absolute atomic E-state index is 0.00853. The fourth-order valence-electron chi connectivity index (χ4n) is 6.36. The predicted octanol–water partition coefficient (Wildman–Crippen LogP) is 7.42. The highest BCUT2D eigenvalue weighted by atomic mass is 16.6. The molecule has 0 aliphatic carbocycles. The van der Waals surface area contributed by atoms with E-state index in [9.17, 15) is 24.3 Å². The highest BCUT2D eigenvalue weighted by molar-refractivity contribution is 6.09. The predicted molar refractivity (Wildman–Crippen MR) is 217 cm³/mol. The SMILES string of the molecule is Cc1ccc(-c2ccccc2CC(=O)N([C@H](CCCN=C(N)N)C(=O)N(C(=O)OCc2ccccc2)C(=O)OCc2ccccc2)[C@@H](C)c2ccc(O)cc2)cc1. The van der Waals surface area contributed by atoms with Crippen LogP contribution < -0.4 is 11.5 Å². The third-order valence-corrected chi connectivity index (χ3v) is 9.35. The summed E-state index contributed by atoms with van der Waals surface area (Å²) in [6.45, 7) is 3.33. The molecule has 4 amide bonds. The van der Waals surface area contributed by atoms with Crippen molar-refractivity contribution in [1.29, 1.82) is 0 Å². The molecule has 12 nitrogen and oxygen atoms in total.